The number of carbonyl (C=O) groups excluding carboxylic acids is 1. The third-order valence-electron chi connectivity index (χ3n) is 5.36. The van der Waals surface area contributed by atoms with Gasteiger partial charge in [-0.15, -0.1) is 0 Å². The Morgan fingerprint density at radius 2 is 1.74 bits per heavy atom. The fourth-order valence-corrected chi connectivity index (χ4v) is 3.32. The molecule has 1 N–H and O–H groups in total. The van der Waals surface area contributed by atoms with Crippen molar-refractivity contribution in [2.75, 3.05) is 13.6 Å². The van der Waals surface area contributed by atoms with Crippen molar-refractivity contribution in [3.05, 3.63) is 90.8 Å². The van der Waals surface area contributed by atoms with Crippen LogP contribution in [-0.2, 0) is 6.42 Å². The van der Waals surface area contributed by atoms with Gasteiger partial charge in [-0.3, -0.25) is 0 Å². The van der Waals surface area contributed by atoms with Gasteiger partial charge in [-0.05, 0) is 54.8 Å². The Morgan fingerprint density at radius 3 is 2.39 bits per heavy atom. The van der Waals surface area contributed by atoms with Crippen LogP contribution in [0.1, 0.15) is 24.1 Å². The van der Waals surface area contributed by atoms with Crippen molar-refractivity contribution >= 4 is 6.03 Å². The van der Waals surface area contributed by atoms with Gasteiger partial charge >= 0.3 is 6.03 Å². The number of nitrogens with one attached hydrogen (secondary N) is 1. The number of amides is 2. The Bertz CT molecular complexity index is 1090. The Morgan fingerprint density at radius 1 is 1.03 bits per heavy atom. The van der Waals surface area contributed by atoms with E-state index in [0.29, 0.717) is 6.54 Å². The first-order chi connectivity index (χ1) is 15.1. The molecule has 0 bridgehead atoms. The second-order valence-electron chi connectivity index (χ2n) is 7.32. The largest absolute Gasteiger partial charge is 0.338 e. The van der Waals surface area contributed by atoms with Crippen molar-refractivity contribution in [1.82, 2.24) is 34.8 Å². The molecule has 158 valence electrons. The number of hydrogen-bond acceptors (Lipinski definition) is 4. The molecule has 0 spiro atoms. The molecule has 0 fully saturated rings. The van der Waals surface area contributed by atoms with E-state index in [1.54, 1.807) is 22.1 Å². The van der Waals surface area contributed by atoms with Crippen LogP contribution in [0.3, 0.4) is 0 Å². The number of aromatic nitrogens is 5. The molecule has 2 aromatic heterocycles. The SMILES string of the molecule is CC(c1ccc(-n2cncn2)cc1)N(C)C(=O)NCCc1ccc(-n2cccn2)cc1. The smallest absolute Gasteiger partial charge is 0.317 e. The lowest BCUT2D eigenvalue weighted by Crippen LogP contribution is -2.39. The number of benzene rings is 2. The summed E-state index contributed by atoms with van der Waals surface area (Å²) in [6.07, 6.45) is 7.59. The molecule has 0 aliphatic heterocycles. The Kier molecular flexibility index (Phi) is 6.07. The van der Waals surface area contributed by atoms with Crippen LogP contribution >= 0.6 is 0 Å². The second kappa shape index (κ2) is 9.25. The summed E-state index contributed by atoms with van der Waals surface area (Å²) in [5.74, 6) is 0. The molecule has 4 rings (SSSR count). The Balaban J connectivity index is 1.28. The molecule has 4 aromatic rings. The van der Waals surface area contributed by atoms with Gasteiger partial charge < -0.3 is 10.2 Å². The van der Waals surface area contributed by atoms with Gasteiger partial charge in [0.2, 0.25) is 0 Å². The minimum atomic E-state index is -0.0963. The number of urea groups is 1. The average molecular weight is 416 g/mol. The highest BCUT2D eigenvalue weighted by Gasteiger charge is 2.17. The molecule has 2 heterocycles. The molecule has 8 heteroatoms. The zero-order chi connectivity index (χ0) is 21.6. The van der Waals surface area contributed by atoms with Crippen LogP contribution < -0.4 is 5.32 Å². The molecule has 8 nitrogen and oxygen atoms in total. The van der Waals surface area contributed by atoms with Gasteiger partial charge in [-0.1, -0.05) is 24.3 Å². The summed E-state index contributed by atoms with van der Waals surface area (Å²) < 4.78 is 3.52. The van der Waals surface area contributed by atoms with E-state index in [9.17, 15) is 4.79 Å². The zero-order valence-electron chi connectivity index (χ0n) is 17.6. The maximum absolute atomic E-state index is 12.6. The highest BCUT2D eigenvalue weighted by molar-refractivity contribution is 5.74. The van der Waals surface area contributed by atoms with E-state index in [-0.39, 0.29) is 12.1 Å². The number of carbonyl (C=O) groups is 1. The quantitative estimate of drug-likeness (QED) is 0.502. The third-order valence-corrected chi connectivity index (χ3v) is 5.36. The summed E-state index contributed by atoms with van der Waals surface area (Å²) in [5.41, 5.74) is 4.16. The molecular weight excluding hydrogens is 390 g/mol. The highest BCUT2D eigenvalue weighted by Crippen LogP contribution is 2.20. The Labute approximate surface area is 181 Å². The monoisotopic (exact) mass is 415 g/mol. The highest BCUT2D eigenvalue weighted by atomic mass is 16.2. The van der Waals surface area contributed by atoms with Crippen LogP contribution in [0.15, 0.2) is 79.6 Å². The lowest BCUT2D eigenvalue weighted by atomic mass is 10.1. The van der Waals surface area contributed by atoms with Crippen molar-refractivity contribution in [3.8, 4) is 11.4 Å². The van der Waals surface area contributed by atoms with Gasteiger partial charge in [0.25, 0.3) is 0 Å². The standard InChI is InChI=1S/C23H25N7O/c1-18(20-6-10-22(11-7-20)30-17-24-16-27-30)28(2)23(31)25-14-12-19-4-8-21(9-5-19)29-15-3-13-26-29/h3-11,13,15-18H,12,14H2,1-2H3,(H,25,31). The maximum atomic E-state index is 12.6. The molecule has 0 saturated carbocycles. The van der Waals surface area contributed by atoms with E-state index < -0.39 is 0 Å². The molecule has 1 unspecified atom stereocenters. The van der Waals surface area contributed by atoms with Crippen molar-refractivity contribution < 1.29 is 4.79 Å². The fraction of sp³-hybridized carbons (Fsp3) is 0.217. The molecular formula is C23H25N7O. The third kappa shape index (κ3) is 4.80. The van der Waals surface area contributed by atoms with Crippen LogP contribution in [0, 0.1) is 0 Å². The van der Waals surface area contributed by atoms with E-state index in [1.807, 2.05) is 67.3 Å². The summed E-state index contributed by atoms with van der Waals surface area (Å²) in [5, 5.41) is 11.4. The molecule has 1 atom stereocenters. The van der Waals surface area contributed by atoms with Crippen molar-refractivity contribution in [1.29, 1.82) is 0 Å². The number of rotatable bonds is 7. The number of nitrogens with zero attached hydrogens (tertiary/aromatic N) is 6. The van der Waals surface area contributed by atoms with Gasteiger partial charge in [-0.25, -0.2) is 19.1 Å². The van der Waals surface area contributed by atoms with E-state index in [4.69, 9.17) is 0 Å². The molecule has 0 radical (unpaired) electrons. The summed E-state index contributed by atoms with van der Waals surface area (Å²) >= 11 is 0. The summed E-state index contributed by atoms with van der Waals surface area (Å²) in [7, 11) is 1.81. The first-order valence-corrected chi connectivity index (χ1v) is 10.2. The predicted octanol–water partition coefficient (Wildman–Crippen LogP) is 3.40. The minimum Gasteiger partial charge on any atom is -0.338 e. The normalized spacial score (nSPS) is 11.8. The van der Waals surface area contributed by atoms with Gasteiger partial charge in [0.1, 0.15) is 12.7 Å². The van der Waals surface area contributed by atoms with Crippen LogP contribution in [0.5, 0.6) is 0 Å². The summed E-state index contributed by atoms with van der Waals surface area (Å²) in [4.78, 5) is 18.3. The predicted molar refractivity (Wildman–Crippen MR) is 118 cm³/mol. The van der Waals surface area contributed by atoms with E-state index >= 15 is 0 Å². The number of hydrogen-bond donors (Lipinski definition) is 1. The lowest BCUT2D eigenvalue weighted by Gasteiger charge is -2.25. The molecule has 31 heavy (non-hydrogen) atoms. The first kappa shape index (κ1) is 20.3. The van der Waals surface area contributed by atoms with Crippen LogP contribution in [-0.4, -0.2) is 49.1 Å². The average Bonchev–Trinajstić information content (AvgIpc) is 3.53. The van der Waals surface area contributed by atoms with Crippen LogP contribution in [0.4, 0.5) is 4.79 Å². The van der Waals surface area contributed by atoms with Crippen LogP contribution in [0.25, 0.3) is 11.4 Å². The van der Waals surface area contributed by atoms with Crippen molar-refractivity contribution in [2.45, 2.75) is 19.4 Å². The Hall–Kier alpha value is -3.94. The van der Waals surface area contributed by atoms with Gasteiger partial charge in [0.15, 0.2) is 0 Å². The van der Waals surface area contributed by atoms with E-state index in [1.165, 1.54) is 6.33 Å². The molecule has 0 aliphatic carbocycles. The minimum absolute atomic E-state index is 0.0573. The van der Waals surface area contributed by atoms with E-state index in [2.05, 4.69) is 32.6 Å². The lowest BCUT2D eigenvalue weighted by molar-refractivity contribution is 0.194. The van der Waals surface area contributed by atoms with Crippen LogP contribution in [0.2, 0.25) is 0 Å². The second-order valence-corrected chi connectivity index (χ2v) is 7.32. The molecule has 0 saturated heterocycles. The zero-order valence-corrected chi connectivity index (χ0v) is 17.6. The maximum Gasteiger partial charge on any atom is 0.317 e. The van der Waals surface area contributed by atoms with Gasteiger partial charge in [-0.2, -0.15) is 10.2 Å². The fourth-order valence-electron chi connectivity index (χ4n) is 3.32. The van der Waals surface area contributed by atoms with Gasteiger partial charge in [0, 0.05) is 26.0 Å². The first-order valence-electron chi connectivity index (χ1n) is 10.2. The van der Waals surface area contributed by atoms with E-state index in [0.717, 1.165) is 28.9 Å². The summed E-state index contributed by atoms with van der Waals surface area (Å²) in [6, 6.07) is 17.9. The molecule has 0 aliphatic rings. The van der Waals surface area contributed by atoms with Gasteiger partial charge in [0.05, 0.1) is 17.4 Å². The summed E-state index contributed by atoms with van der Waals surface area (Å²) in [6.45, 7) is 2.58. The topological polar surface area (TPSA) is 80.9 Å². The molecule has 2 amide bonds. The molecule has 2 aromatic carbocycles. The van der Waals surface area contributed by atoms with Crippen molar-refractivity contribution in [2.24, 2.45) is 0 Å². The van der Waals surface area contributed by atoms with Crippen molar-refractivity contribution in [3.63, 3.8) is 0 Å².